The molecule has 0 bridgehead atoms. The molecule has 0 aliphatic carbocycles. The normalized spacial score (nSPS) is 10.9. The molecular weight excluding hydrogens is 216 g/mol. The van der Waals surface area contributed by atoms with Gasteiger partial charge in [-0.1, -0.05) is 12.1 Å². The molecule has 0 aliphatic rings. The van der Waals surface area contributed by atoms with E-state index >= 15 is 0 Å². The Morgan fingerprint density at radius 3 is 3.00 bits per heavy atom. The fourth-order valence-corrected chi connectivity index (χ4v) is 1.75. The van der Waals surface area contributed by atoms with Crippen LogP contribution >= 0.6 is 0 Å². The van der Waals surface area contributed by atoms with Crippen LogP contribution in [0.2, 0.25) is 0 Å². The highest BCUT2D eigenvalue weighted by Gasteiger charge is 2.03. The van der Waals surface area contributed by atoms with Gasteiger partial charge in [-0.2, -0.15) is 0 Å². The number of nitrogens with one attached hydrogen (secondary N) is 1. The molecule has 0 aromatic carbocycles. The first kappa shape index (κ1) is 11.9. The monoisotopic (exact) mass is 234 g/mol. The Morgan fingerprint density at radius 2 is 2.29 bits per heavy atom. The number of rotatable bonds is 6. The maximum absolute atomic E-state index is 5.13. The van der Waals surface area contributed by atoms with Crippen molar-refractivity contribution in [3.05, 3.63) is 35.7 Å². The van der Waals surface area contributed by atoms with Gasteiger partial charge in [-0.15, -0.1) is 0 Å². The van der Waals surface area contributed by atoms with E-state index in [4.69, 9.17) is 4.52 Å². The molecule has 5 heteroatoms. The van der Waals surface area contributed by atoms with Gasteiger partial charge in [-0.25, -0.2) is 4.98 Å². The Balaban J connectivity index is 1.83. The molecule has 0 saturated carbocycles. The average Bonchev–Trinajstić information content (AvgIpc) is 2.90. The predicted molar refractivity (Wildman–Crippen MR) is 64.3 cm³/mol. The number of hydrogen-bond acceptors (Lipinski definition) is 4. The number of aryl methyl sites for hydroxylation is 2. The summed E-state index contributed by atoms with van der Waals surface area (Å²) < 4.78 is 7.29. The van der Waals surface area contributed by atoms with Crippen molar-refractivity contribution < 1.29 is 4.52 Å². The van der Waals surface area contributed by atoms with Gasteiger partial charge < -0.3 is 14.4 Å². The minimum atomic E-state index is 0.693. The van der Waals surface area contributed by atoms with E-state index in [9.17, 15) is 0 Å². The first-order valence-electron chi connectivity index (χ1n) is 5.91. The highest BCUT2D eigenvalue weighted by atomic mass is 16.5. The molecule has 1 N–H and O–H groups in total. The lowest BCUT2D eigenvalue weighted by Crippen LogP contribution is -2.15. The molecule has 0 saturated heterocycles. The zero-order chi connectivity index (χ0) is 12.1. The van der Waals surface area contributed by atoms with Gasteiger partial charge in [0.25, 0.3) is 0 Å². The third-order valence-corrected chi connectivity index (χ3v) is 2.55. The smallest absolute Gasteiger partial charge is 0.150 e. The highest BCUT2D eigenvalue weighted by molar-refractivity contribution is 5.03. The third kappa shape index (κ3) is 3.17. The van der Waals surface area contributed by atoms with Crippen LogP contribution < -0.4 is 5.32 Å². The van der Waals surface area contributed by atoms with Crippen LogP contribution in [0, 0.1) is 6.92 Å². The van der Waals surface area contributed by atoms with Gasteiger partial charge in [-0.3, -0.25) is 0 Å². The molecule has 0 fully saturated rings. The van der Waals surface area contributed by atoms with Gasteiger partial charge in [0.1, 0.15) is 0 Å². The van der Waals surface area contributed by atoms with Gasteiger partial charge >= 0.3 is 0 Å². The summed E-state index contributed by atoms with van der Waals surface area (Å²) >= 11 is 0. The first-order chi connectivity index (χ1) is 8.29. The molecule has 2 rings (SSSR count). The Morgan fingerprint density at radius 1 is 1.41 bits per heavy atom. The van der Waals surface area contributed by atoms with Crippen LogP contribution in [0.25, 0.3) is 0 Å². The molecule has 0 aliphatic heterocycles. The van der Waals surface area contributed by atoms with Gasteiger partial charge in [0.2, 0.25) is 0 Å². The van der Waals surface area contributed by atoms with Gasteiger partial charge in [-0.05, 0) is 13.3 Å². The van der Waals surface area contributed by atoms with Crippen LogP contribution in [0.5, 0.6) is 0 Å². The minimum absolute atomic E-state index is 0.693. The molecule has 92 valence electrons. The molecule has 0 radical (unpaired) electrons. The summed E-state index contributed by atoms with van der Waals surface area (Å²) in [5, 5.41) is 7.17. The highest BCUT2D eigenvalue weighted by Crippen LogP contribution is 2.03. The molecule has 2 heterocycles. The topological polar surface area (TPSA) is 55.9 Å². The van der Waals surface area contributed by atoms with Crippen molar-refractivity contribution in [3.8, 4) is 0 Å². The summed E-state index contributed by atoms with van der Waals surface area (Å²) in [6.45, 7) is 6.58. The number of hydrogen-bond donors (Lipinski definition) is 1. The van der Waals surface area contributed by atoms with E-state index in [-0.39, 0.29) is 0 Å². The van der Waals surface area contributed by atoms with E-state index in [1.165, 1.54) is 5.69 Å². The summed E-state index contributed by atoms with van der Waals surface area (Å²) in [4.78, 5) is 4.16. The predicted octanol–water partition coefficient (Wildman–Crippen LogP) is 1.88. The fraction of sp³-hybridized carbons (Fsp3) is 0.500. The lowest BCUT2D eigenvalue weighted by Gasteiger charge is -2.06. The summed E-state index contributed by atoms with van der Waals surface area (Å²) in [5.41, 5.74) is 2.11. The van der Waals surface area contributed by atoms with Crippen molar-refractivity contribution in [1.29, 1.82) is 0 Å². The Kier molecular flexibility index (Phi) is 3.93. The van der Waals surface area contributed by atoms with Gasteiger partial charge in [0, 0.05) is 25.4 Å². The van der Waals surface area contributed by atoms with Crippen LogP contribution in [-0.4, -0.2) is 14.7 Å². The standard InChI is InChI=1S/C12H18N4O/c1-3-4-16-9-14-7-11(16)6-13-8-12-5-10(2)15-17-12/h5,7,9,13H,3-4,6,8H2,1-2H3. The second-order valence-electron chi connectivity index (χ2n) is 4.12. The zero-order valence-electron chi connectivity index (χ0n) is 10.3. The molecular formula is C12H18N4O. The molecule has 0 unspecified atom stereocenters. The van der Waals surface area contributed by atoms with Crippen molar-refractivity contribution in [2.75, 3.05) is 0 Å². The Hall–Kier alpha value is -1.62. The van der Waals surface area contributed by atoms with Crippen molar-refractivity contribution in [3.63, 3.8) is 0 Å². The molecule has 0 atom stereocenters. The SMILES string of the molecule is CCCn1cncc1CNCc1cc(C)no1. The average molecular weight is 234 g/mol. The quantitative estimate of drug-likeness (QED) is 0.829. The van der Waals surface area contributed by atoms with Crippen molar-refractivity contribution in [1.82, 2.24) is 20.0 Å². The second kappa shape index (κ2) is 5.63. The van der Waals surface area contributed by atoms with Crippen molar-refractivity contribution in [2.24, 2.45) is 0 Å². The van der Waals surface area contributed by atoms with Crippen LogP contribution in [-0.2, 0) is 19.6 Å². The first-order valence-corrected chi connectivity index (χ1v) is 5.91. The molecule has 0 spiro atoms. The lowest BCUT2D eigenvalue weighted by atomic mass is 10.3. The lowest BCUT2D eigenvalue weighted by molar-refractivity contribution is 0.368. The Labute approximate surface area is 101 Å². The van der Waals surface area contributed by atoms with E-state index < -0.39 is 0 Å². The van der Waals surface area contributed by atoms with E-state index in [1.54, 1.807) is 0 Å². The molecule has 5 nitrogen and oxygen atoms in total. The minimum Gasteiger partial charge on any atom is -0.360 e. The third-order valence-electron chi connectivity index (χ3n) is 2.55. The van der Waals surface area contributed by atoms with Crippen LogP contribution in [0.3, 0.4) is 0 Å². The van der Waals surface area contributed by atoms with E-state index in [2.05, 4.69) is 26.9 Å². The van der Waals surface area contributed by atoms with Gasteiger partial charge in [0.05, 0.1) is 24.3 Å². The van der Waals surface area contributed by atoms with Gasteiger partial charge in [0.15, 0.2) is 5.76 Å². The molecule has 17 heavy (non-hydrogen) atoms. The Bertz CT molecular complexity index is 461. The second-order valence-corrected chi connectivity index (χ2v) is 4.12. The van der Waals surface area contributed by atoms with Crippen LogP contribution in [0.4, 0.5) is 0 Å². The summed E-state index contributed by atoms with van der Waals surface area (Å²) in [7, 11) is 0. The number of imidazole rings is 1. The largest absolute Gasteiger partial charge is 0.360 e. The van der Waals surface area contributed by atoms with Crippen LogP contribution in [0.1, 0.15) is 30.5 Å². The summed E-state index contributed by atoms with van der Waals surface area (Å²) in [5.74, 6) is 0.865. The fourth-order valence-electron chi connectivity index (χ4n) is 1.75. The van der Waals surface area contributed by atoms with Crippen LogP contribution in [0.15, 0.2) is 23.1 Å². The van der Waals surface area contributed by atoms with E-state index in [0.717, 1.165) is 31.0 Å². The molecule has 2 aromatic rings. The maximum atomic E-state index is 5.13. The maximum Gasteiger partial charge on any atom is 0.150 e. The summed E-state index contributed by atoms with van der Waals surface area (Å²) in [6.07, 6.45) is 4.89. The molecule has 0 amide bonds. The van der Waals surface area contributed by atoms with Crippen molar-refractivity contribution in [2.45, 2.75) is 39.9 Å². The van der Waals surface area contributed by atoms with E-state index in [0.29, 0.717) is 6.54 Å². The zero-order valence-corrected chi connectivity index (χ0v) is 10.3. The molecule has 2 aromatic heterocycles. The van der Waals surface area contributed by atoms with E-state index in [1.807, 2.05) is 25.5 Å². The number of nitrogens with zero attached hydrogens (tertiary/aromatic N) is 3. The summed E-state index contributed by atoms with van der Waals surface area (Å²) in [6, 6.07) is 1.94. The number of aromatic nitrogens is 3. The van der Waals surface area contributed by atoms with Crippen molar-refractivity contribution >= 4 is 0 Å².